The molecule has 198 valence electrons. The molecule has 0 radical (unpaired) electrons. The average Bonchev–Trinajstić information content (AvgIpc) is 3.44. The van der Waals surface area contributed by atoms with Crippen molar-refractivity contribution in [3.05, 3.63) is 115 Å². The Labute approximate surface area is 246 Å². The lowest BCUT2D eigenvalue weighted by molar-refractivity contribution is 1.04. The Hall–Kier alpha value is -4.66. The molecule has 0 fully saturated rings. The fourth-order valence-electron chi connectivity index (χ4n) is 4.92. The van der Waals surface area contributed by atoms with Crippen LogP contribution in [-0.2, 0) is 0 Å². The van der Waals surface area contributed by atoms with E-state index in [-0.39, 0.29) is 0 Å². The first-order chi connectivity index (χ1) is 20.1. The molecule has 0 bridgehead atoms. The van der Waals surface area contributed by atoms with Crippen LogP contribution >= 0.6 is 24.0 Å². The third-order valence-corrected chi connectivity index (χ3v) is 8.27. The van der Waals surface area contributed by atoms with Gasteiger partial charge in [0.05, 0.1) is 5.69 Å². The van der Waals surface area contributed by atoms with Gasteiger partial charge in [0.25, 0.3) is 0 Å². The van der Waals surface area contributed by atoms with Crippen LogP contribution in [-0.4, -0.2) is 30.0 Å². The fourth-order valence-corrected chi connectivity index (χ4v) is 6.09. The molecular weight excluding hydrogens is 545 g/mol. The van der Waals surface area contributed by atoms with Gasteiger partial charge in [0.2, 0.25) is 0 Å². The molecule has 0 atom stereocenters. The molecule has 8 heteroatoms. The summed E-state index contributed by atoms with van der Waals surface area (Å²) in [6, 6.07) is 28.6. The van der Waals surface area contributed by atoms with Crippen LogP contribution < -0.4 is 5.32 Å². The van der Waals surface area contributed by atoms with Gasteiger partial charge in [-0.3, -0.25) is 0 Å². The average molecular weight is 569 g/mol. The maximum absolute atomic E-state index is 5.69. The van der Waals surface area contributed by atoms with Crippen LogP contribution in [0.25, 0.3) is 38.8 Å². The van der Waals surface area contributed by atoms with Gasteiger partial charge in [-0.2, -0.15) is 0 Å². The number of aromatic amines is 1. The monoisotopic (exact) mass is 568 g/mol. The molecule has 0 spiro atoms. The van der Waals surface area contributed by atoms with Crippen molar-refractivity contribution in [2.24, 2.45) is 0 Å². The van der Waals surface area contributed by atoms with Crippen LogP contribution in [0.5, 0.6) is 0 Å². The highest BCUT2D eigenvalue weighted by Crippen LogP contribution is 2.33. The Bertz CT molecular complexity index is 1970. The van der Waals surface area contributed by atoms with Crippen LogP contribution in [0.4, 0.5) is 11.5 Å². The van der Waals surface area contributed by atoms with E-state index in [1.807, 2.05) is 42.5 Å². The smallest absolute Gasteiger partial charge is 0.177 e. The van der Waals surface area contributed by atoms with Crippen LogP contribution in [0.1, 0.15) is 19.0 Å². The fraction of sp³-hybridized carbons (Fsp3) is 0.0606. The second-order valence-corrected chi connectivity index (χ2v) is 11.5. The lowest BCUT2D eigenvalue weighted by Gasteiger charge is -2.16. The molecule has 0 saturated carbocycles. The lowest BCUT2D eigenvalue weighted by Crippen LogP contribution is -2.08. The molecule has 7 rings (SSSR count). The van der Waals surface area contributed by atoms with E-state index in [1.54, 1.807) is 18.0 Å². The van der Waals surface area contributed by atoms with Crippen molar-refractivity contribution in [3.63, 3.8) is 0 Å². The summed E-state index contributed by atoms with van der Waals surface area (Å²) in [7, 11) is 0. The second kappa shape index (κ2) is 10.7. The van der Waals surface area contributed by atoms with Gasteiger partial charge >= 0.3 is 0 Å². The molecule has 3 aromatic carbocycles. The number of para-hydroxylation sites is 1. The number of anilines is 2. The molecule has 0 amide bonds. The Kier molecular flexibility index (Phi) is 6.62. The highest BCUT2D eigenvalue weighted by Gasteiger charge is 2.18. The zero-order chi connectivity index (χ0) is 27.8. The predicted octanol–water partition coefficient (Wildman–Crippen LogP) is 8.57. The van der Waals surface area contributed by atoms with Crippen molar-refractivity contribution < 1.29 is 0 Å². The zero-order valence-electron chi connectivity index (χ0n) is 22.1. The minimum Gasteiger partial charge on any atom is -0.352 e. The Morgan fingerprint density at radius 1 is 0.878 bits per heavy atom. The first-order valence-electron chi connectivity index (χ1n) is 13.2. The zero-order valence-corrected chi connectivity index (χ0v) is 23.8. The first kappa shape index (κ1) is 25.3. The summed E-state index contributed by atoms with van der Waals surface area (Å²) in [5.74, 6) is 1.38. The number of hydrogen-bond donors (Lipinski definition) is 2. The van der Waals surface area contributed by atoms with E-state index in [1.165, 1.54) is 5.57 Å². The van der Waals surface area contributed by atoms with Crippen molar-refractivity contribution in [1.82, 2.24) is 25.1 Å². The summed E-state index contributed by atoms with van der Waals surface area (Å²) in [4.78, 5) is 14.6. The highest BCUT2D eigenvalue weighted by molar-refractivity contribution is 7.99. The summed E-state index contributed by atoms with van der Waals surface area (Å²) >= 11 is 7.28. The van der Waals surface area contributed by atoms with E-state index in [0.717, 1.165) is 65.5 Å². The normalized spacial score (nSPS) is 13.3. The molecule has 6 nitrogen and oxygen atoms in total. The Balaban J connectivity index is 1.11. The van der Waals surface area contributed by atoms with E-state index < -0.39 is 0 Å². The molecule has 0 saturated heterocycles. The van der Waals surface area contributed by atoms with E-state index >= 15 is 0 Å². The Morgan fingerprint density at radius 2 is 1.68 bits per heavy atom. The van der Waals surface area contributed by atoms with E-state index in [4.69, 9.17) is 17.2 Å². The summed E-state index contributed by atoms with van der Waals surface area (Å²) in [6.45, 7) is 2.09. The van der Waals surface area contributed by atoms with Gasteiger partial charge < -0.3 is 10.3 Å². The van der Waals surface area contributed by atoms with Gasteiger partial charge in [-0.25, -0.2) is 9.97 Å². The number of H-pyrrole nitrogens is 1. The van der Waals surface area contributed by atoms with Crippen molar-refractivity contribution in [1.29, 1.82) is 0 Å². The molecule has 3 heterocycles. The lowest BCUT2D eigenvalue weighted by atomic mass is 9.94. The number of hydrogen-bond acceptors (Lipinski definition) is 7. The minimum absolute atomic E-state index is 0.675. The van der Waals surface area contributed by atoms with Gasteiger partial charge in [0, 0.05) is 55.3 Å². The second-order valence-electron chi connectivity index (χ2n) is 9.88. The number of benzene rings is 3. The maximum Gasteiger partial charge on any atom is 0.177 e. The molecule has 0 unspecified atom stereocenters. The number of aromatic nitrogens is 5. The summed E-state index contributed by atoms with van der Waals surface area (Å²) in [6.07, 6.45) is 6.74. The topological polar surface area (TPSA) is 79.4 Å². The number of nitrogens with zero attached hydrogens (tertiary/aromatic N) is 4. The van der Waals surface area contributed by atoms with E-state index in [2.05, 4.69) is 87.0 Å². The minimum atomic E-state index is 0.675. The van der Waals surface area contributed by atoms with E-state index in [9.17, 15) is 0 Å². The van der Waals surface area contributed by atoms with Crippen molar-refractivity contribution in [2.45, 2.75) is 23.3 Å². The summed E-state index contributed by atoms with van der Waals surface area (Å²) < 4.78 is 0. The maximum atomic E-state index is 5.69. The van der Waals surface area contributed by atoms with Crippen LogP contribution in [0.3, 0.4) is 0 Å². The number of allylic oxidation sites excluding steroid dienone is 4. The van der Waals surface area contributed by atoms with Gasteiger partial charge in [-0.1, -0.05) is 84.2 Å². The van der Waals surface area contributed by atoms with Crippen molar-refractivity contribution in [2.75, 3.05) is 5.32 Å². The number of rotatable bonds is 6. The third kappa shape index (κ3) is 5.15. The predicted molar refractivity (Wildman–Crippen MR) is 172 cm³/mol. The summed E-state index contributed by atoms with van der Waals surface area (Å²) in [5, 5.41) is 16.7. The van der Waals surface area contributed by atoms with Crippen molar-refractivity contribution >= 4 is 67.6 Å². The van der Waals surface area contributed by atoms with Crippen LogP contribution in [0.2, 0.25) is 0 Å². The van der Waals surface area contributed by atoms with Gasteiger partial charge in [0.15, 0.2) is 11.6 Å². The quantitative estimate of drug-likeness (QED) is 0.154. The van der Waals surface area contributed by atoms with Crippen LogP contribution in [0.15, 0.2) is 119 Å². The molecular formula is C33H24N6S2. The largest absolute Gasteiger partial charge is 0.352 e. The number of thiocarbonyl (C=S) groups is 1. The number of fused-ring (bicyclic) bond motifs is 2. The molecule has 6 aromatic rings. The Morgan fingerprint density at radius 3 is 2.51 bits per heavy atom. The summed E-state index contributed by atoms with van der Waals surface area (Å²) in [5.41, 5.74) is 5.95. The van der Waals surface area contributed by atoms with Gasteiger partial charge in [-0.05, 0) is 49.4 Å². The first-order valence-corrected chi connectivity index (χ1v) is 14.5. The highest BCUT2D eigenvalue weighted by atomic mass is 32.2. The third-order valence-electron chi connectivity index (χ3n) is 6.96. The van der Waals surface area contributed by atoms with E-state index in [0.29, 0.717) is 11.6 Å². The molecule has 1 aliphatic rings. The van der Waals surface area contributed by atoms with Gasteiger partial charge in [-0.15, -0.1) is 10.2 Å². The van der Waals surface area contributed by atoms with Crippen LogP contribution in [0, 0.1) is 0 Å². The van der Waals surface area contributed by atoms with Crippen molar-refractivity contribution in [3.8, 4) is 11.5 Å². The molecule has 3 aromatic heterocycles. The SMILES string of the molecule is CC1=CC=C(c2nnc(Nc3ccc(Sc4ccnc(-c5cc6ccccc6[nH]5)n4)cc3)c3ccccc23)C(=S)C1. The molecule has 41 heavy (non-hydrogen) atoms. The molecule has 2 N–H and O–H groups in total. The van der Waals surface area contributed by atoms with Gasteiger partial charge in [0.1, 0.15) is 10.7 Å². The molecule has 1 aliphatic carbocycles. The standard InChI is InChI=1S/C33H24N6S2/c1-20-10-15-26(29(40)18-20)31-24-7-3-4-8-25(24)32(39-38-31)35-22-11-13-23(14-12-22)41-30-16-17-34-33(37-30)28-19-21-6-2-5-9-27(21)36-28/h2-17,19,36H,18H2,1H3,(H,35,39). The molecule has 0 aliphatic heterocycles. The number of nitrogens with one attached hydrogen (secondary N) is 2.